The molecule has 0 spiro atoms. The van der Waals surface area contributed by atoms with Gasteiger partial charge in [0.1, 0.15) is 11.5 Å². The molecule has 37 heavy (non-hydrogen) atoms. The standard InChI is InChI=1S/C27H23BrClN3O4S/c1-18-7-13-23(14-8-18)37(34,35)32(17-20-9-11-21(29)12-10-20)26-6-4-3-5-24(26)27(33)31-30-16-22-15-25(28)19(2)36-22/h3-16H,17H2,1-2H3,(H,31,33)/b30-16-. The molecule has 0 radical (unpaired) electrons. The van der Waals surface area contributed by atoms with Gasteiger partial charge in [0.2, 0.25) is 0 Å². The first-order valence-corrected chi connectivity index (χ1v) is 13.8. The van der Waals surface area contributed by atoms with E-state index < -0.39 is 15.9 Å². The maximum Gasteiger partial charge on any atom is 0.273 e. The van der Waals surface area contributed by atoms with Crippen molar-refractivity contribution in [3.8, 4) is 0 Å². The van der Waals surface area contributed by atoms with Gasteiger partial charge >= 0.3 is 0 Å². The molecule has 190 valence electrons. The van der Waals surface area contributed by atoms with E-state index in [2.05, 4.69) is 26.5 Å². The van der Waals surface area contributed by atoms with Crippen molar-refractivity contribution in [1.29, 1.82) is 0 Å². The zero-order chi connectivity index (χ0) is 26.6. The normalized spacial score (nSPS) is 11.6. The van der Waals surface area contributed by atoms with Crippen LogP contribution in [0.1, 0.15) is 33.0 Å². The Morgan fingerprint density at radius 1 is 1.05 bits per heavy atom. The molecule has 0 aliphatic carbocycles. The van der Waals surface area contributed by atoms with Crippen LogP contribution in [0.5, 0.6) is 0 Å². The number of hydrazone groups is 1. The Balaban J connectivity index is 1.71. The van der Waals surface area contributed by atoms with Gasteiger partial charge in [-0.25, -0.2) is 13.8 Å². The van der Waals surface area contributed by atoms with E-state index in [-0.39, 0.29) is 22.7 Å². The van der Waals surface area contributed by atoms with Crippen LogP contribution in [0.3, 0.4) is 0 Å². The van der Waals surface area contributed by atoms with Gasteiger partial charge in [-0.3, -0.25) is 9.10 Å². The second-order valence-corrected chi connectivity index (χ2v) is 11.4. The molecule has 0 aliphatic rings. The number of halogens is 2. The second kappa shape index (κ2) is 11.3. The minimum atomic E-state index is -4.04. The highest BCUT2D eigenvalue weighted by molar-refractivity contribution is 9.10. The number of benzene rings is 3. The van der Waals surface area contributed by atoms with E-state index in [0.717, 1.165) is 10.0 Å². The fourth-order valence-electron chi connectivity index (χ4n) is 3.54. The third kappa shape index (κ3) is 6.30. The number of aryl methyl sites for hydroxylation is 2. The number of hydrogen-bond donors (Lipinski definition) is 1. The summed E-state index contributed by atoms with van der Waals surface area (Å²) in [6.07, 6.45) is 1.37. The monoisotopic (exact) mass is 599 g/mol. The van der Waals surface area contributed by atoms with Gasteiger partial charge in [0, 0.05) is 11.1 Å². The predicted molar refractivity (Wildman–Crippen MR) is 149 cm³/mol. The smallest absolute Gasteiger partial charge is 0.273 e. The van der Waals surface area contributed by atoms with Crippen molar-refractivity contribution in [3.05, 3.63) is 117 Å². The van der Waals surface area contributed by atoms with Crippen molar-refractivity contribution in [2.75, 3.05) is 4.31 Å². The molecule has 1 heterocycles. The number of sulfonamides is 1. The minimum Gasteiger partial charge on any atom is -0.459 e. The first-order chi connectivity index (χ1) is 17.6. The molecule has 10 heteroatoms. The van der Waals surface area contributed by atoms with Gasteiger partial charge in [0.05, 0.1) is 33.4 Å². The highest BCUT2D eigenvalue weighted by Gasteiger charge is 2.28. The van der Waals surface area contributed by atoms with E-state index in [1.807, 2.05) is 6.92 Å². The number of nitrogens with one attached hydrogen (secondary N) is 1. The Morgan fingerprint density at radius 2 is 1.73 bits per heavy atom. The summed E-state index contributed by atoms with van der Waals surface area (Å²) >= 11 is 9.39. The van der Waals surface area contributed by atoms with Crippen molar-refractivity contribution in [1.82, 2.24) is 5.43 Å². The van der Waals surface area contributed by atoms with E-state index in [1.165, 1.54) is 10.5 Å². The van der Waals surface area contributed by atoms with Gasteiger partial charge < -0.3 is 4.42 Å². The number of para-hydroxylation sites is 1. The number of furan rings is 1. The minimum absolute atomic E-state index is 0.0133. The molecular formula is C27H23BrClN3O4S. The predicted octanol–water partition coefficient (Wildman–Crippen LogP) is 6.47. The Kier molecular flexibility index (Phi) is 8.16. The fraction of sp³-hybridized carbons (Fsp3) is 0.111. The maximum atomic E-state index is 13.8. The SMILES string of the molecule is Cc1ccc(S(=O)(=O)N(Cc2ccc(Cl)cc2)c2ccccc2C(=O)N/N=C\c2cc(Br)c(C)o2)cc1. The highest BCUT2D eigenvalue weighted by Crippen LogP contribution is 2.30. The van der Waals surface area contributed by atoms with Crippen molar-refractivity contribution in [2.45, 2.75) is 25.3 Å². The number of carbonyl (C=O) groups is 1. The quantitative estimate of drug-likeness (QED) is 0.185. The lowest BCUT2D eigenvalue weighted by Crippen LogP contribution is -2.33. The van der Waals surface area contributed by atoms with Crippen molar-refractivity contribution in [2.24, 2.45) is 5.10 Å². The zero-order valence-electron chi connectivity index (χ0n) is 20.0. The summed E-state index contributed by atoms with van der Waals surface area (Å²) in [6, 6.07) is 21.6. The largest absolute Gasteiger partial charge is 0.459 e. The molecule has 4 rings (SSSR count). The lowest BCUT2D eigenvalue weighted by Gasteiger charge is -2.26. The summed E-state index contributed by atoms with van der Waals surface area (Å²) in [5.74, 6) is 0.552. The molecule has 0 saturated heterocycles. The van der Waals surface area contributed by atoms with Crippen LogP contribution in [0, 0.1) is 13.8 Å². The van der Waals surface area contributed by atoms with Crippen LogP contribution in [0.2, 0.25) is 5.02 Å². The van der Waals surface area contributed by atoms with Gasteiger partial charge in [0.15, 0.2) is 0 Å². The average Bonchev–Trinajstić information content (AvgIpc) is 3.20. The van der Waals surface area contributed by atoms with E-state index >= 15 is 0 Å². The second-order valence-electron chi connectivity index (χ2n) is 8.22. The maximum absolute atomic E-state index is 13.8. The third-order valence-corrected chi connectivity index (χ3v) is 8.31. The Labute approximate surface area is 228 Å². The molecule has 0 bridgehead atoms. The summed E-state index contributed by atoms with van der Waals surface area (Å²) in [5.41, 5.74) is 4.44. The number of nitrogens with zero attached hydrogens (tertiary/aromatic N) is 2. The number of anilines is 1. The van der Waals surface area contributed by atoms with E-state index in [0.29, 0.717) is 22.1 Å². The van der Waals surface area contributed by atoms with Gasteiger partial charge in [-0.15, -0.1) is 0 Å². The Morgan fingerprint density at radius 3 is 2.38 bits per heavy atom. The van der Waals surface area contributed by atoms with Crippen molar-refractivity contribution < 1.29 is 17.6 Å². The van der Waals surface area contributed by atoms with E-state index in [9.17, 15) is 13.2 Å². The summed E-state index contributed by atoms with van der Waals surface area (Å²) in [5, 5.41) is 4.51. The molecule has 1 N–H and O–H groups in total. The Bertz CT molecular complexity index is 1530. The van der Waals surface area contributed by atoms with Crippen LogP contribution < -0.4 is 9.73 Å². The summed E-state index contributed by atoms with van der Waals surface area (Å²) in [6.45, 7) is 3.66. The molecule has 0 atom stereocenters. The molecule has 7 nitrogen and oxygen atoms in total. The van der Waals surface area contributed by atoms with Crippen LogP contribution in [-0.2, 0) is 16.6 Å². The number of amides is 1. The van der Waals surface area contributed by atoms with E-state index in [4.69, 9.17) is 16.0 Å². The van der Waals surface area contributed by atoms with Gasteiger partial charge in [0.25, 0.3) is 15.9 Å². The first kappa shape index (κ1) is 26.7. The van der Waals surface area contributed by atoms with Gasteiger partial charge in [-0.2, -0.15) is 5.10 Å². The van der Waals surface area contributed by atoms with E-state index in [1.54, 1.807) is 85.8 Å². The molecule has 3 aromatic carbocycles. The van der Waals surface area contributed by atoms with Crippen LogP contribution in [0.4, 0.5) is 5.69 Å². The molecule has 1 amide bonds. The molecule has 0 unspecified atom stereocenters. The molecule has 4 aromatic rings. The van der Waals surface area contributed by atoms with Gasteiger partial charge in [-0.05, 0) is 71.7 Å². The molecule has 0 saturated carbocycles. The summed E-state index contributed by atoms with van der Waals surface area (Å²) in [4.78, 5) is 13.2. The van der Waals surface area contributed by atoms with Gasteiger partial charge in [-0.1, -0.05) is 53.6 Å². The van der Waals surface area contributed by atoms with Crippen LogP contribution in [0.25, 0.3) is 0 Å². The van der Waals surface area contributed by atoms with Crippen LogP contribution in [-0.4, -0.2) is 20.5 Å². The van der Waals surface area contributed by atoms with Crippen LogP contribution in [0.15, 0.2) is 97.7 Å². The van der Waals surface area contributed by atoms with Crippen LogP contribution >= 0.6 is 27.5 Å². The lowest BCUT2D eigenvalue weighted by atomic mass is 10.1. The molecule has 0 fully saturated rings. The Hall–Kier alpha value is -3.40. The summed E-state index contributed by atoms with van der Waals surface area (Å²) < 4.78 is 35.2. The number of hydrogen-bond acceptors (Lipinski definition) is 5. The molecule has 1 aromatic heterocycles. The fourth-order valence-corrected chi connectivity index (χ4v) is 5.44. The van der Waals surface area contributed by atoms with Crippen molar-refractivity contribution in [3.63, 3.8) is 0 Å². The first-order valence-electron chi connectivity index (χ1n) is 11.2. The lowest BCUT2D eigenvalue weighted by molar-refractivity contribution is 0.0955. The number of rotatable bonds is 8. The zero-order valence-corrected chi connectivity index (χ0v) is 23.1. The topological polar surface area (TPSA) is 92.0 Å². The number of carbonyl (C=O) groups excluding carboxylic acids is 1. The highest BCUT2D eigenvalue weighted by atomic mass is 79.9. The van der Waals surface area contributed by atoms with Crippen molar-refractivity contribution >= 4 is 55.4 Å². The summed E-state index contributed by atoms with van der Waals surface area (Å²) in [7, 11) is -4.04. The molecule has 0 aliphatic heterocycles. The molecular weight excluding hydrogens is 578 g/mol. The third-order valence-electron chi connectivity index (χ3n) is 5.50. The average molecular weight is 601 g/mol.